The van der Waals surface area contributed by atoms with Gasteiger partial charge in [0.25, 0.3) is 0 Å². The summed E-state index contributed by atoms with van der Waals surface area (Å²) < 4.78 is 0. The topological polar surface area (TPSA) is 61.4 Å². The first-order chi connectivity index (χ1) is 11.2. The van der Waals surface area contributed by atoms with Crippen molar-refractivity contribution >= 4 is 29.9 Å². The van der Waals surface area contributed by atoms with E-state index in [1.165, 1.54) is 0 Å². The lowest BCUT2D eigenvalue weighted by Crippen LogP contribution is -2.37. The summed E-state index contributed by atoms with van der Waals surface area (Å²) in [7, 11) is 0. The number of nitrogens with zero attached hydrogens (tertiary/aromatic N) is 1. The highest BCUT2D eigenvalue weighted by molar-refractivity contribution is 5.92. The van der Waals surface area contributed by atoms with Crippen LogP contribution < -0.4 is 10.6 Å². The molecule has 6 heteroatoms. The Morgan fingerprint density at radius 2 is 2.17 bits per heavy atom. The van der Waals surface area contributed by atoms with Crippen LogP contribution in [0.3, 0.4) is 0 Å². The van der Waals surface area contributed by atoms with Gasteiger partial charge in [0.2, 0.25) is 11.8 Å². The Morgan fingerprint density at radius 1 is 1.29 bits per heavy atom. The third-order valence-electron chi connectivity index (χ3n) is 4.66. The van der Waals surface area contributed by atoms with Crippen LogP contribution in [0, 0.1) is 5.92 Å². The maximum Gasteiger partial charge on any atom is 0.228 e. The summed E-state index contributed by atoms with van der Waals surface area (Å²) >= 11 is 0. The quantitative estimate of drug-likeness (QED) is 0.876. The number of piperidine rings is 2. The number of likely N-dealkylation sites (tertiary alicyclic amines) is 1. The monoisotopic (exact) mass is 351 g/mol. The second kappa shape index (κ2) is 9.04. The summed E-state index contributed by atoms with van der Waals surface area (Å²) in [5.74, 6) is 0.374. The Bertz CT molecular complexity index is 573. The van der Waals surface area contributed by atoms with Crippen molar-refractivity contribution in [1.29, 1.82) is 0 Å². The van der Waals surface area contributed by atoms with Crippen molar-refractivity contribution in [3.8, 4) is 0 Å². The number of halogens is 1. The first-order valence-electron chi connectivity index (χ1n) is 8.61. The molecule has 132 valence electrons. The van der Waals surface area contributed by atoms with Crippen molar-refractivity contribution in [2.75, 3.05) is 25.0 Å². The van der Waals surface area contributed by atoms with Crippen LogP contribution in [-0.2, 0) is 16.1 Å². The average molecular weight is 352 g/mol. The number of anilines is 1. The van der Waals surface area contributed by atoms with E-state index in [1.807, 2.05) is 29.2 Å². The molecule has 0 spiro atoms. The third kappa shape index (κ3) is 4.95. The molecule has 5 nitrogen and oxygen atoms in total. The van der Waals surface area contributed by atoms with E-state index in [2.05, 4.69) is 10.6 Å². The molecule has 0 aliphatic carbocycles. The van der Waals surface area contributed by atoms with Crippen LogP contribution in [0.4, 0.5) is 5.69 Å². The fourth-order valence-electron chi connectivity index (χ4n) is 3.32. The molecule has 24 heavy (non-hydrogen) atoms. The van der Waals surface area contributed by atoms with Crippen LogP contribution >= 0.6 is 12.4 Å². The summed E-state index contributed by atoms with van der Waals surface area (Å²) in [6.07, 6.45) is 4.73. The molecule has 0 radical (unpaired) electrons. The second-order valence-corrected chi connectivity index (χ2v) is 6.51. The van der Waals surface area contributed by atoms with Gasteiger partial charge in [-0.15, -0.1) is 12.4 Å². The standard InChI is InChI=1S/C18H25N3O2.ClH/c22-17-8-1-2-10-21(17)13-14-5-3-7-16(11-14)20-18(23)15-6-4-9-19-12-15;/h3,5,7,11,15,19H,1-2,4,6,8-10,12-13H2,(H,20,23);1H. The lowest BCUT2D eigenvalue weighted by atomic mass is 9.98. The molecule has 1 aromatic carbocycles. The predicted molar refractivity (Wildman–Crippen MR) is 97.2 cm³/mol. The number of nitrogens with one attached hydrogen (secondary N) is 2. The minimum atomic E-state index is 0. The molecule has 3 rings (SSSR count). The Morgan fingerprint density at radius 3 is 2.92 bits per heavy atom. The van der Waals surface area contributed by atoms with Crippen LogP contribution in [0.25, 0.3) is 0 Å². The fraction of sp³-hybridized carbons (Fsp3) is 0.556. The Kier molecular flexibility index (Phi) is 7.06. The van der Waals surface area contributed by atoms with Crippen LogP contribution in [0.15, 0.2) is 24.3 Å². The van der Waals surface area contributed by atoms with Crippen molar-refractivity contribution in [3.05, 3.63) is 29.8 Å². The first-order valence-corrected chi connectivity index (χ1v) is 8.61. The number of hydrogen-bond acceptors (Lipinski definition) is 3. The number of carbonyl (C=O) groups is 2. The van der Waals surface area contributed by atoms with Crippen LogP contribution in [0.5, 0.6) is 0 Å². The molecule has 0 aromatic heterocycles. The highest BCUT2D eigenvalue weighted by Crippen LogP contribution is 2.18. The fourth-order valence-corrected chi connectivity index (χ4v) is 3.32. The van der Waals surface area contributed by atoms with Crippen molar-refractivity contribution in [2.24, 2.45) is 5.92 Å². The number of hydrogen-bond donors (Lipinski definition) is 2. The molecule has 1 atom stereocenters. The van der Waals surface area contributed by atoms with Gasteiger partial charge in [0, 0.05) is 31.7 Å². The maximum atomic E-state index is 12.3. The van der Waals surface area contributed by atoms with Crippen LogP contribution in [0.2, 0.25) is 0 Å². The largest absolute Gasteiger partial charge is 0.338 e. The van der Waals surface area contributed by atoms with E-state index in [1.54, 1.807) is 0 Å². The van der Waals surface area contributed by atoms with Crippen molar-refractivity contribution in [2.45, 2.75) is 38.6 Å². The van der Waals surface area contributed by atoms with Crippen LogP contribution in [0.1, 0.15) is 37.7 Å². The molecular weight excluding hydrogens is 326 g/mol. The zero-order chi connectivity index (χ0) is 16.1. The summed E-state index contributed by atoms with van der Waals surface area (Å²) in [5, 5.41) is 6.29. The molecule has 2 N–H and O–H groups in total. The normalized spacial score (nSPS) is 21.1. The van der Waals surface area contributed by atoms with Gasteiger partial charge in [-0.1, -0.05) is 12.1 Å². The lowest BCUT2D eigenvalue weighted by molar-refractivity contribution is -0.133. The molecule has 0 bridgehead atoms. The van der Waals surface area contributed by atoms with Gasteiger partial charge in [0.05, 0.1) is 5.92 Å². The van der Waals surface area contributed by atoms with E-state index in [4.69, 9.17) is 0 Å². The van der Waals surface area contributed by atoms with E-state index < -0.39 is 0 Å². The Balaban J connectivity index is 0.00000208. The van der Waals surface area contributed by atoms with Crippen molar-refractivity contribution < 1.29 is 9.59 Å². The Hall–Kier alpha value is -1.59. The van der Waals surface area contributed by atoms with Crippen molar-refractivity contribution in [3.63, 3.8) is 0 Å². The molecule has 2 heterocycles. The number of carbonyl (C=O) groups excluding carboxylic acids is 2. The van der Waals surface area contributed by atoms with E-state index in [0.29, 0.717) is 13.0 Å². The Labute approximate surface area is 149 Å². The SMILES string of the molecule is Cl.O=C(Nc1cccc(CN2CCCCC2=O)c1)C1CCCNC1. The molecule has 2 aliphatic rings. The highest BCUT2D eigenvalue weighted by Gasteiger charge is 2.21. The summed E-state index contributed by atoms with van der Waals surface area (Å²) in [6.45, 7) is 3.23. The minimum absolute atomic E-state index is 0. The van der Waals surface area contributed by atoms with Gasteiger partial charge in [-0.3, -0.25) is 9.59 Å². The molecule has 1 unspecified atom stereocenters. The van der Waals surface area contributed by atoms with Gasteiger partial charge in [-0.05, 0) is 49.9 Å². The molecule has 1 aromatic rings. The third-order valence-corrected chi connectivity index (χ3v) is 4.66. The van der Waals surface area contributed by atoms with Crippen molar-refractivity contribution in [1.82, 2.24) is 10.2 Å². The number of benzene rings is 1. The van der Waals surface area contributed by atoms with Gasteiger partial charge in [-0.2, -0.15) is 0 Å². The molecular formula is C18H26ClN3O2. The van der Waals surface area contributed by atoms with Gasteiger partial charge in [0.15, 0.2) is 0 Å². The van der Waals surface area contributed by atoms with E-state index in [0.717, 1.165) is 56.6 Å². The summed E-state index contributed by atoms with van der Waals surface area (Å²) in [4.78, 5) is 26.1. The average Bonchev–Trinajstić information content (AvgIpc) is 2.58. The van der Waals surface area contributed by atoms with E-state index in [-0.39, 0.29) is 30.1 Å². The number of rotatable bonds is 4. The lowest BCUT2D eigenvalue weighted by Gasteiger charge is -2.27. The smallest absolute Gasteiger partial charge is 0.228 e. The highest BCUT2D eigenvalue weighted by atomic mass is 35.5. The predicted octanol–water partition coefficient (Wildman–Crippen LogP) is 2.56. The zero-order valence-corrected chi connectivity index (χ0v) is 14.7. The van der Waals surface area contributed by atoms with Gasteiger partial charge >= 0.3 is 0 Å². The summed E-state index contributed by atoms with van der Waals surface area (Å²) in [6, 6.07) is 7.85. The first kappa shape index (κ1) is 18.7. The van der Waals surface area contributed by atoms with E-state index in [9.17, 15) is 9.59 Å². The van der Waals surface area contributed by atoms with Gasteiger partial charge < -0.3 is 15.5 Å². The van der Waals surface area contributed by atoms with Gasteiger partial charge in [-0.25, -0.2) is 0 Å². The molecule has 0 saturated carbocycles. The zero-order valence-electron chi connectivity index (χ0n) is 13.9. The maximum absolute atomic E-state index is 12.3. The minimum Gasteiger partial charge on any atom is -0.338 e. The van der Waals surface area contributed by atoms with E-state index >= 15 is 0 Å². The molecule has 2 amide bonds. The van der Waals surface area contributed by atoms with Crippen LogP contribution in [-0.4, -0.2) is 36.3 Å². The summed E-state index contributed by atoms with van der Waals surface area (Å²) in [5.41, 5.74) is 1.89. The second-order valence-electron chi connectivity index (χ2n) is 6.51. The van der Waals surface area contributed by atoms with Gasteiger partial charge in [0.1, 0.15) is 0 Å². The molecule has 2 saturated heterocycles. The molecule has 2 aliphatic heterocycles. The molecule has 2 fully saturated rings. The number of amides is 2.